The van der Waals surface area contributed by atoms with Gasteiger partial charge in [-0.2, -0.15) is 0 Å². The summed E-state index contributed by atoms with van der Waals surface area (Å²) in [6.45, 7) is 1.91. The lowest BCUT2D eigenvalue weighted by molar-refractivity contribution is 0.143. The van der Waals surface area contributed by atoms with Crippen LogP contribution in [-0.2, 0) is 0 Å². The topological polar surface area (TPSA) is 47.0 Å². The number of benzene rings is 1. The SMILES string of the molecule is Clc1cc(Cl)cc(OC(c2cncnc2)C2CCNC2)c1. The Labute approximate surface area is 133 Å². The second-order valence-corrected chi connectivity index (χ2v) is 5.94. The van der Waals surface area contributed by atoms with Crippen molar-refractivity contribution in [1.29, 1.82) is 0 Å². The fraction of sp³-hybridized carbons (Fsp3) is 0.333. The zero-order valence-electron chi connectivity index (χ0n) is 11.3. The van der Waals surface area contributed by atoms with E-state index in [0.29, 0.717) is 21.7 Å². The predicted octanol–water partition coefficient (Wildman–Crippen LogP) is 3.51. The average Bonchev–Trinajstić information content (AvgIpc) is 2.98. The molecule has 0 amide bonds. The molecule has 0 spiro atoms. The molecule has 2 aromatic rings. The molecule has 0 aliphatic carbocycles. The van der Waals surface area contributed by atoms with Gasteiger partial charge in [0, 0.05) is 40.5 Å². The van der Waals surface area contributed by atoms with Crippen LogP contribution in [0.4, 0.5) is 0 Å². The molecule has 1 aliphatic heterocycles. The van der Waals surface area contributed by atoms with Gasteiger partial charge in [0.05, 0.1) is 0 Å². The van der Waals surface area contributed by atoms with Crippen molar-refractivity contribution in [3.8, 4) is 5.75 Å². The van der Waals surface area contributed by atoms with Crippen LogP contribution in [0.2, 0.25) is 10.0 Å². The maximum absolute atomic E-state index is 6.16. The van der Waals surface area contributed by atoms with E-state index in [-0.39, 0.29) is 6.10 Å². The molecular formula is C15H15Cl2N3O. The smallest absolute Gasteiger partial charge is 0.131 e. The Morgan fingerprint density at radius 3 is 2.48 bits per heavy atom. The van der Waals surface area contributed by atoms with Crippen LogP contribution in [0.15, 0.2) is 36.9 Å². The Hall–Kier alpha value is -1.36. The van der Waals surface area contributed by atoms with E-state index in [9.17, 15) is 0 Å². The van der Waals surface area contributed by atoms with Crippen LogP contribution in [0.25, 0.3) is 0 Å². The molecule has 2 unspecified atom stereocenters. The highest BCUT2D eigenvalue weighted by molar-refractivity contribution is 6.34. The Morgan fingerprint density at radius 2 is 1.86 bits per heavy atom. The molecule has 3 rings (SSSR count). The maximum atomic E-state index is 6.16. The lowest BCUT2D eigenvalue weighted by Gasteiger charge is -2.24. The van der Waals surface area contributed by atoms with Gasteiger partial charge < -0.3 is 10.1 Å². The molecule has 1 fully saturated rings. The summed E-state index contributed by atoms with van der Waals surface area (Å²) in [5.41, 5.74) is 0.960. The first-order valence-electron chi connectivity index (χ1n) is 6.81. The molecule has 21 heavy (non-hydrogen) atoms. The van der Waals surface area contributed by atoms with Crippen LogP contribution in [0.3, 0.4) is 0 Å². The number of ether oxygens (including phenoxy) is 1. The number of nitrogens with zero attached hydrogens (tertiary/aromatic N) is 2. The molecule has 1 aromatic heterocycles. The van der Waals surface area contributed by atoms with Gasteiger partial charge in [0.2, 0.25) is 0 Å². The van der Waals surface area contributed by atoms with Gasteiger partial charge in [-0.3, -0.25) is 0 Å². The summed E-state index contributed by atoms with van der Waals surface area (Å²) in [5, 5.41) is 4.48. The monoisotopic (exact) mass is 323 g/mol. The van der Waals surface area contributed by atoms with E-state index in [4.69, 9.17) is 27.9 Å². The number of rotatable bonds is 4. The number of hydrogen-bond donors (Lipinski definition) is 1. The number of aromatic nitrogens is 2. The van der Waals surface area contributed by atoms with E-state index in [0.717, 1.165) is 25.1 Å². The first kappa shape index (κ1) is 14.6. The summed E-state index contributed by atoms with van der Waals surface area (Å²) in [6.07, 6.45) is 6.04. The van der Waals surface area contributed by atoms with E-state index >= 15 is 0 Å². The average molecular weight is 324 g/mol. The Kier molecular flexibility index (Phi) is 4.58. The fourth-order valence-corrected chi connectivity index (χ4v) is 3.08. The summed E-state index contributed by atoms with van der Waals surface area (Å²) in [4.78, 5) is 8.18. The second-order valence-electron chi connectivity index (χ2n) is 5.07. The highest BCUT2D eigenvalue weighted by atomic mass is 35.5. The Balaban J connectivity index is 1.88. The molecule has 0 bridgehead atoms. The Morgan fingerprint density at radius 1 is 1.14 bits per heavy atom. The van der Waals surface area contributed by atoms with Crippen molar-refractivity contribution in [2.75, 3.05) is 13.1 Å². The van der Waals surface area contributed by atoms with E-state index in [1.54, 1.807) is 30.6 Å². The first-order valence-corrected chi connectivity index (χ1v) is 7.56. The summed E-state index contributed by atoms with van der Waals surface area (Å²) < 4.78 is 6.16. The van der Waals surface area contributed by atoms with Gasteiger partial charge in [-0.1, -0.05) is 23.2 Å². The third-order valence-electron chi connectivity index (χ3n) is 3.53. The highest BCUT2D eigenvalue weighted by Gasteiger charge is 2.28. The van der Waals surface area contributed by atoms with Crippen molar-refractivity contribution in [2.24, 2.45) is 5.92 Å². The number of nitrogens with one attached hydrogen (secondary N) is 1. The fourth-order valence-electron chi connectivity index (χ4n) is 2.57. The first-order chi connectivity index (χ1) is 10.2. The molecule has 2 heterocycles. The molecule has 1 aliphatic rings. The zero-order valence-corrected chi connectivity index (χ0v) is 12.8. The molecule has 1 N–H and O–H groups in total. The minimum Gasteiger partial charge on any atom is -0.485 e. The quantitative estimate of drug-likeness (QED) is 0.935. The lowest BCUT2D eigenvalue weighted by atomic mass is 9.96. The van der Waals surface area contributed by atoms with Crippen molar-refractivity contribution in [3.63, 3.8) is 0 Å². The van der Waals surface area contributed by atoms with Gasteiger partial charge >= 0.3 is 0 Å². The van der Waals surface area contributed by atoms with Gasteiger partial charge in [-0.05, 0) is 31.2 Å². The standard InChI is InChI=1S/C15H15Cl2N3O/c16-12-3-13(17)5-14(4-12)21-15(10-1-2-18-6-10)11-7-19-9-20-8-11/h3-5,7-10,15,18H,1-2,6H2. The van der Waals surface area contributed by atoms with E-state index in [2.05, 4.69) is 15.3 Å². The zero-order chi connectivity index (χ0) is 14.7. The Bertz CT molecular complexity index is 583. The van der Waals surface area contributed by atoms with Crippen LogP contribution >= 0.6 is 23.2 Å². The van der Waals surface area contributed by atoms with Gasteiger partial charge in [0.15, 0.2) is 0 Å². The molecule has 0 saturated carbocycles. The molecule has 0 radical (unpaired) electrons. The summed E-state index contributed by atoms with van der Waals surface area (Å²) in [5.74, 6) is 1.03. The minimum atomic E-state index is -0.115. The highest BCUT2D eigenvalue weighted by Crippen LogP contribution is 2.33. The van der Waals surface area contributed by atoms with Crippen LogP contribution in [-0.4, -0.2) is 23.1 Å². The van der Waals surface area contributed by atoms with Crippen molar-refractivity contribution in [1.82, 2.24) is 15.3 Å². The normalized spacial score (nSPS) is 19.4. The summed E-state index contributed by atoms with van der Waals surface area (Å²) >= 11 is 12.1. The number of hydrogen-bond acceptors (Lipinski definition) is 4. The van der Waals surface area contributed by atoms with Crippen LogP contribution in [0.5, 0.6) is 5.75 Å². The maximum Gasteiger partial charge on any atom is 0.131 e. The third-order valence-corrected chi connectivity index (χ3v) is 3.97. The minimum absolute atomic E-state index is 0.115. The van der Waals surface area contributed by atoms with Crippen molar-refractivity contribution in [3.05, 3.63) is 52.5 Å². The van der Waals surface area contributed by atoms with E-state index < -0.39 is 0 Å². The van der Waals surface area contributed by atoms with Crippen LogP contribution in [0.1, 0.15) is 18.1 Å². The summed E-state index contributed by atoms with van der Waals surface area (Å²) in [6, 6.07) is 5.23. The van der Waals surface area contributed by atoms with Crippen molar-refractivity contribution >= 4 is 23.2 Å². The largest absolute Gasteiger partial charge is 0.485 e. The molecule has 4 nitrogen and oxygen atoms in total. The third kappa shape index (κ3) is 3.64. The second kappa shape index (κ2) is 6.60. The molecule has 2 atom stereocenters. The van der Waals surface area contributed by atoms with Gasteiger partial charge in [0.1, 0.15) is 18.2 Å². The van der Waals surface area contributed by atoms with Gasteiger partial charge in [-0.25, -0.2) is 9.97 Å². The van der Waals surface area contributed by atoms with E-state index in [1.807, 2.05) is 0 Å². The molecular weight excluding hydrogens is 309 g/mol. The molecule has 110 valence electrons. The van der Waals surface area contributed by atoms with Crippen LogP contribution < -0.4 is 10.1 Å². The number of halogens is 2. The van der Waals surface area contributed by atoms with Crippen molar-refractivity contribution < 1.29 is 4.74 Å². The van der Waals surface area contributed by atoms with Crippen LogP contribution in [0, 0.1) is 5.92 Å². The molecule has 1 saturated heterocycles. The predicted molar refractivity (Wildman–Crippen MR) is 82.8 cm³/mol. The van der Waals surface area contributed by atoms with Gasteiger partial charge in [0.25, 0.3) is 0 Å². The van der Waals surface area contributed by atoms with Gasteiger partial charge in [-0.15, -0.1) is 0 Å². The lowest BCUT2D eigenvalue weighted by Crippen LogP contribution is -2.21. The van der Waals surface area contributed by atoms with E-state index in [1.165, 1.54) is 6.33 Å². The molecule has 6 heteroatoms. The summed E-state index contributed by atoms with van der Waals surface area (Å²) in [7, 11) is 0. The molecule has 1 aromatic carbocycles. The van der Waals surface area contributed by atoms with Crippen molar-refractivity contribution in [2.45, 2.75) is 12.5 Å².